The van der Waals surface area contributed by atoms with Crippen LogP contribution in [0.5, 0.6) is 5.75 Å². The number of amides is 1. The van der Waals surface area contributed by atoms with E-state index in [2.05, 4.69) is 20.6 Å². The summed E-state index contributed by atoms with van der Waals surface area (Å²) in [5, 5.41) is 21.6. The first-order valence-corrected chi connectivity index (χ1v) is 8.21. The normalized spacial score (nSPS) is 10.9. The van der Waals surface area contributed by atoms with Crippen LogP contribution in [0.3, 0.4) is 0 Å². The third-order valence-corrected chi connectivity index (χ3v) is 4.08. The van der Waals surface area contributed by atoms with Gasteiger partial charge in [-0.1, -0.05) is 47.7 Å². The lowest BCUT2D eigenvalue weighted by molar-refractivity contribution is 0.0946. The van der Waals surface area contributed by atoms with Gasteiger partial charge in [0.15, 0.2) is 0 Å². The van der Waals surface area contributed by atoms with E-state index in [0.29, 0.717) is 23.4 Å². The number of fused-ring (bicyclic) bond motifs is 1. The van der Waals surface area contributed by atoms with E-state index in [4.69, 9.17) is 0 Å². The van der Waals surface area contributed by atoms with Crippen LogP contribution in [0.1, 0.15) is 21.7 Å². The fraction of sp³-hybridized carbons (Fsp3) is 0.105. The number of carbonyl (C=O) groups excluding carboxylic acids is 1. The predicted octanol–water partition coefficient (Wildman–Crippen LogP) is 2.44. The van der Waals surface area contributed by atoms with Gasteiger partial charge in [0.2, 0.25) is 0 Å². The maximum atomic E-state index is 12.3. The van der Waals surface area contributed by atoms with Crippen LogP contribution in [0, 0.1) is 0 Å². The largest absolute Gasteiger partial charge is 0.506 e. The van der Waals surface area contributed by atoms with Crippen molar-refractivity contribution < 1.29 is 9.90 Å². The minimum absolute atomic E-state index is 0.116. The molecule has 26 heavy (non-hydrogen) atoms. The van der Waals surface area contributed by atoms with Crippen LogP contribution >= 0.6 is 0 Å². The van der Waals surface area contributed by atoms with Crippen molar-refractivity contribution in [3.05, 3.63) is 77.7 Å². The van der Waals surface area contributed by atoms with E-state index in [1.54, 1.807) is 22.9 Å². The van der Waals surface area contributed by atoms with Crippen molar-refractivity contribution in [2.24, 2.45) is 0 Å². The van der Waals surface area contributed by atoms with Gasteiger partial charge in [-0.2, -0.15) is 0 Å². The van der Waals surface area contributed by atoms with E-state index in [0.717, 1.165) is 10.9 Å². The van der Waals surface area contributed by atoms with Gasteiger partial charge in [-0.05, 0) is 17.7 Å². The minimum Gasteiger partial charge on any atom is -0.506 e. The number of phenolic OH excluding ortho intramolecular Hbond substituents is 1. The highest BCUT2D eigenvalue weighted by Crippen LogP contribution is 2.24. The second-order valence-electron chi connectivity index (χ2n) is 6.00. The lowest BCUT2D eigenvalue weighted by atomic mass is 10.2. The molecule has 4 rings (SSSR count). The number of aromatic nitrogens is 4. The van der Waals surface area contributed by atoms with Crippen molar-refractivity contribution in [2.45, 2.75) is 13.1 Å². The van der Waals surface area contributed by atoms with Crippen LogP contribution in [0.2, 0.25) is 0 Å². The molecule has 2 heterocycles. The van der Waals surface area contributed by atoms with Gasteiger partial charge in [-0.25, -0.2) is 4.68 Å². The molecule has 7 heteroatoms. The summed E-state index contributed by atoms with van der Waals surface area (Å²) in [5.74, 6) is -0.149. The molecule has 0 atom stereocenters. The van der Waals surface area contributed by atoms with E-state index in [1.807, 2.05) is 42.6 Å². The van der Waals surface area contributed by atoms with Crippen LogP contribution < -0.4 is 5.32 Å². The third-order valence-electron chi connectivity index (χ3n) is 4.08. The molecule has 0 saturated carbocycles. The zero-order valence-corrected chi connectivity index (χ0v) is 13.9. The van der Waals surface area contributed by atoms with Crippen molar-refractivity contribution in [3.8, 4) is 5.75 Å². The van der Waals surface area contributed by atoms with Crippen molar-refractivity contribution in [1.29, 1.82) is 0 Å². The number of nitrogens with zero attached hydrogens (tertiary/aromatic N) is 3. The molecule has 4 aromatic rings. The molecular formula is C19H17N5O2. The molecule has 0 aliphatic rings. The second-order valence-corrected chi connectivity index (χ2v) is 6.00. The fourth-order valence-corrected chi connectivity index (χ4v) is 2.80. The quantitative estimate of drug-likeness (QED) is 0.517. The summed E-state index contributed by atoms with van der Waals surface area (Å²) in [4.78, 5) is 15.3. The van der Waals surface area contributed by atoms with Gasteiger partial charge < -0.3 is 15.4 Å². The fourth-order valence-electron chi connectivity index (χ4n) is 2.80. The summed E-state index contributed by atoms with van der Waals surface area (Å²) in [7, 11) is 0. The first kappa shape index (κ1) is 15.9. The first-order chi connectivity index (χ1) is 12.7. The van der Waals surface area contributed by atoms with E-state index < -0.39 is 0 Å². The van der Waals surface area contributed by atoms with Crippen LogP contribution in [0.25, 0.3) is 10.9 Å². The maximum Gasteiger partial charge on any atom is 0.268 e. The SMILES string of the molecule is O=C(NCc1cn(Cc2ccccc2)nn1)c1cc2cccc(O)c2[nH]1. The average molecular weight is 347 g/mol. The number of H-pyrrole nitrogens is 1. The van der Waals surface area contributed by atoms with Gasteiger partial charge in [0, 0.05) is 5.39 Å². The lowest BCUT2D eigenvalue weighted by Crippen LogP contribution is -2.23. The molecule has 1 amide bonds. The van der Waals surface area contributed by atoms with Crippen molar-refractivity contribution in [2.75, 3.05) is 0 Å². The Morgan fingerprint density at radius 3 is 2.81 bits per heavy atom. The molecule has 0 radical (unpaired) electrons. The molecule has 130 valence electrons. The minimum atomic E-state index is -0.266. The zero-order valence-electron chi connectivity index (χ0n) is 13.9. The number of hydrogen-bond acceptors (Lipinski definition) is 4. The van der Waals surface area contributed by atoms with Crippen LogP contribution in [0.15, 0.2) is 60.8 Å². The van der Waals surface area contributed by atoms with Gasteiger partial charge in [0.1, 0.15) is 17.1 Å². The number of aromatic hydroxyl groups is 1. The predicted molar refractivity (Wildman–Crippen MR) is 96.7 cm³/mol. The van der Waals surface area contributed by atoms with E-state index >= 15 is 0 Å². The standard InChI is InChI=1S/C19H17N5O2/c25-17-8-4-7-14-9-16(21-18(14)17)19(26)20-10-15-12-24(23-22-15)11-13-5-2-1-3-6-13/h1-9,12,21,25H,10-11H2,(H,20,26). The van der Waals surface area contributed by atoms with E-state index in [9.17, 15) is 9.90 Å². The van der Waals surface area contributed by atoms with Crippen LogP contribution in [-0.2, 0) is 13.1 Å². The van der Waals surface area contributed by atoms with Crippen molar-refractivity contribution >= 4 is 16.8 Å². The molecule has 0 aliphatic heterocycles. The Bertz CT molecular complexity index is 1050. The van der Waals surface area contributed by atoms with E-state index in [-0.39, 0.29) is 18.2 Å². The summed E-state index contributed by atoms with van der Waals surface area (Å²) < 4.78 is 1.73. The van der Waals surface area contributed by atoms with Gasteiger partial charge in [0.25, 0.3) is 5.91 Å². The first-order valence-electron chi connectivity index (χ1n) is 8.21. The molecular weight excluding hydrogens is 330 g/mol. The number of carbonyl (C=O) groups is 1. The van der Waals surface area contributed by atoms with Crippen LogP contribution in [-0.4, -0.2) is 31.0 Å². The molecule has 0 bridgehead atoms. The number of benzene rings is 2. The van der Waals surface area contributed by atoms with Gasteiger partial charge in [0.05, 0.1) is 24.8 Å². The molecule has 2 aromatic carbocycles. The number of nitrogens with one attached hydrogen (secondary N) is 2. The molecule has 0 spiro atoms. The highest BCUT2D eigenvalue weighted by Gasteiger charge is 2.12. The van der Waals surface area contributed by atoms with Gasteiger partial charge >= 0.3 is 0 Å². The number of phenols is 1. The van der Waals surface area contributed by atoms with Gasteiger partial charge in [-0.15, -0.1) is 5.10 Å². The average Bonchev–Trinajstić information content (AvgIpc) is 3.28. The molecule has 0 unspecified atom stereocenters. The Morgan fingerprint density at radius 2 is 2.00 bits per heavy atom. The number of aromatic amines is 1. The monoisotopic (exact) mass is 347 g/mol. The number of hydrogen-bond donors (Lipinski definition) is 3. The van der Waals surface area contributed by atoms with E-state index in [1.165, 1.54) is 0 Å². The highest BCUT2D eigenvalue weighted by atomic mass is 16.3. The summed E-state index contributed by atoms with van der Waals surface area (Å²) in [6, 6.07) is 16.8. The molecule has 2 aromatic heterocycles. The Balaban J connectivity index is 1.40. The number of rotatable bonds is 5. The highest BCUT2D eigenvalue weighted by molar-refractivity contribution is 5.99. The Hall–Kier alpha value is -3.61. The molecule has 0 aliphatic carbocycles. The van der Waals surface area contributed by atoms with Crippen molar-refractivity contribution in [3.63, 3.8) is 0 Å². The molecule has 3 N–H and O–H groups in total. The van der Waals surface area contributed by atoms with Crippen LogP contribution in [0.4, 0.5) is 0 Å². The summed E-state index contributed by atoms with van der Waals surface area (Å²) >= 11 is 0. The maximum absolute atomic E-state index is 12.3. The molecule has 0 fully saturated rings. The topological polar surface area (TPSA) is 95.8 Å². The Morgan fingerprint density at radius 1 is 1.15 bits per heavy atom. The lowest BCUT2D eigenvalue weighted by Gasteiger charge is -2.01. The second kappa shape index (κ2) is 6.72. The Kier molecular flexibility index (Phi) is 4.10. The summed E-state index contributed by atoms with van der Waals surface area (Å²) in [6.07, 6.45) is 1.81. The smallest absolute Gasteiger partial charge is 0.268 e. The summed E-state index contributed by atoms with van der Waals surface area (Å²) in [5.41, 5.74) is 2.74. The zero-order chi connectivity index (χ0) is 17.9. The number of para-hydroxylation sites is 1. The Labute approximate surface area is 149 Å². The van der Waals surface area contributed by atoms with Gasteiger partial charge in [-0.3, -0.25) is 4.79 Å². The van der Waals surface area contributed by atoms with Crippen molar-refractivity contribution in [1.82, 2.24) is 25.3 Å². The third kappa shape index (κ3) is 3.27. The molecule has 0 saturated heterocycles. The molecule has 7 nitrogen and oxygen atoms in total. The summed E-state index contributed by atoms with van der Waals surface area (Å²) in [6.45, 7) is 0.901.